The number of carbonyl (C=O) groups excluding carboxylic acids is 1. The van der Waals surface area contributed by atoms with Crippen molar-refractivity contribution in [3.05, 3.63) is 36.3 Å². The molecule has 0 radical (unpaired) electrons. The highest BCUT2D eigenvalue weighted by molar-refractivity contribution is 5.98. The van der Waals surface area contributed by atoms with Crippen molar-refractivity contribution in [1.82, 2.24) is 19.3 Å². The number of nitrogens with two attached hydrogens (primary N) is 1. The third kappa shape index (κ3) is 2.13. The summed E-state index contributed by atoms with van der Waals surface area (Å²) in [4.78, 5) is 23.3. The van der Waals surface area contributed by atoms with E-state index < -0.39 is 0 Å². The zero-order chi connectivity index (χ0) is 17.8. The fourth-order valence-corrected chi connectivity index (χ4v) is 4.06. The summed E-state index contributed by atoms with van der Waals surface area (Å²) >= 11 is 0. The number of hydrogen-bond acceptors (Lipinski definition) is 4. The number of carbonyl (C=O) groups is 1. The molecule has 3 fully saturated rings. The lowest BCUT2D eigenvalue weighted by Crippen LogP contribution is -2.68. The molecule has 3 aliphatic rings. The molecule has 2 bridgehead atoms. The molecule has 3 saturated carbocycles. The van der Waals surface area contributed by atoms with Crippen LogP contribution in [0.15, 0.2) is 30.7 Å². The highest BCUT2D eigenvalue weighted by atomic mass is 16.2. The number of rotatable bonds is 2. The predicted octanol–water partition coefficient (Wildman–Crippen LogP) is 3.12. The average molecular weight is 337 g/mol. The molecule has 6 rings (SSSR count). The van der Waals surface area contributed by atoms with Crippen LogP contribution in [0.1, 0.15) is 43.5 Å². The molecule has 0 saturated heterocycles. The van der Waals surface area contributed by atoms with E-state index in [4.69, 9.17) is 5.73 Å². The van der Waals surface area contributed by atoms with Crippen molar-refractivity contribution in [1.29, 1.82) is 0 Å². The molecule has 6 nitrogen and oxygen atoms in total. The van der Waals surface area contributed by atoms with E-state index in [1.165, 1.54) is 0 Å². The molecular weight excluding hydrogens is 314 g/mol. The van der Waals surface area contributed by atoms with Gasteiger partial charge in [0.25, 0.3) is 5.91 Å². The van der Waals surface area contributed by atoms with E-state index in [1.807, 2.05) is 48.4 Å². The van der Waals surface area contributed by atoms with Crippen LogP contribution in [0, 0.1) is 5.92 Å². The van der Waals surface area contributed by atoms with Gasteiger partial charge in [0.1, 0.15) is 11.3 Å². The molecule has 0 aliphatic heterocycles. The van der Waals surface area contributed by atoms with E-state index in [0.29, 0.717) is 11.4 Å². The maximum Gasteiger partial charge on any atom is 0.254 e. The fourth-order valence-electron chi connectivity index (χ4n) is 4.06. The predicted molar refractivity (Wildman–Crippen MR) is 98.4 cm³/mol. The summed E-state index contributed by atoms with van der Waals surface area (Å²) in [6, 6.07) is 5.58. The van der Waals surface area contributed by atoms with Crippen LogP contribution in [0.25, 0.3) is 16.6 Å². The summed E-state index contributed by atoms with van der Waals surface area (Å²) in [5, 5.41) is 0. The minimum atomic E-state index is 0.0788. The van der Waals surface area contributed by atoms with Crippen molar-refractivity contribution in [2.75, 3.05) is 12.8 Å². The highest BCUT2D eigenvalue weighted by Gasteiger charge is 2.60. The number of nitrogens with zero attached hydrogens (tertiary/aromatic N) is 4. The fraction of sp³-hybridized carbons (Fsp3) is 0.421. The maximum absolute atomic E-state index is 12.8. The molecule has 3 aliphatic carbocycles. The number of hydrogen-bond donors (Lipinski definition) is 1. The highest BCUT2D eigenvalue weighted by Crippen LogP contribution is 2.60. The van der Waals surface area contributed by atoms with Gasteiger partial charge < -0.3 is 10.6 Å². The van der Waals surface area contributed by atoms with Crippen molar-refractivity contribution in [2.45, 2.75) is 38.6 Å². The molecular formula is C19H23N5O. The molecule has 3 aromatic rings. The first-order valence-electron chi connectivity index (χ1n) is 8.87. The molecule has 2 heterocycles. The van der Waals surface area contributed by atoms with E-state index >= 15 is 0 Å². The quantitative estimate of drug-likeness (QED) is 0.779. The molecule has 2 N–H and O–H groups in total. The minimum Gasteiger partial charge on any atom is -0.382 e. The third-order valence-corrected chi connectivity index (χ3v) is 5.65. The van der Waals surface area contributed by atoms with Gasteiger partial charge in [-0.2, -0.15) is 0 Å². The Morgan fingerprint density at radius 3 is 2.64 bits per heavy atom. The molecule has 25 heavy (non-hydrogen) atoms. The molecule has 0 atom stereocenters. The lowest BCUT2D eigenvalue weighted by Gasteiger charge is -2.65. The monoisotopic (exact) mass is 337 g/mol. The summed E-state index contributed by atoms with van der Waals surface area (Å²) in [7, 11) is 1.93. The van der Waals surface area contributed by atoms with Gasteiger partial charge in [-0.3, -0.25) is 9.20 Å². The number of anilines is 1. The largest absolute Gasteiger partial charge is 0.382 e. The zero-order valence-electron chi connectivity index (χ0n) is 14.9. The van der Waals surface area contributed by atoms with Crippen molar-refractivity contribution in [3.63, 3.8) is 0 Å². The number of amides is 1. The molecule has 0 spiro atoms. The van der Waals surface area contributed by atoms with Crippen LogP contribution in [0.5, 0.6) is 0 Å². The second-order valence-corrected chi connectivity index (χ2v) is 6.92. The standard InChI is InChI=1S/C17H17N5O.C2H6/c1-21(17-5-10(6-17)7-17)16(23)11-2-3-12-13(4-11)22-9-19-8-14(22)15(18)20-12;1-2/h2-4,8-10H,5-7H2,1H3,(H2,18,20);1-2H3. The van der Waals surface area contributed by atoms with Gasteiger partial charge >= 0.3 is 0 Å². The summed E-state index contributed by atoms with van der Waals surface area (Å²) in [5.74, 6) is 1.37. The minimum absolute atomic E-state index is 0.0788. The number of fused-ring (bicyclic) bond motifs is 3. The van der Waals surface area contributed by atoms with Gasteiger partial charge in [0, 0.05) is 18.2 Å². The van der Waals surface area contributed by atoms with Gasteiger partial charge in [-0.05, 0) is 43.4 Å². The van der Waals surface area contributed by atoms with Crippen molar-refractivity contribution in [3.8, 4) is 0 Å². The van der Waals surface area contributed by atoms with Crippen molar-refractivity contribution < 1.29 is 4.79 Å². The second-order valence-electron chi connectivity index (χ2n) is 6.92. The van der Waals surface area contributed by atoms with E-state index in [0.717, 1.165) is 41.7 Å². The Kier molecular flexibility index (Phi) is 3.45. The average Bonchev–Trinajstić information content (AvgIpc) is 3.03. The van der Waals surface area contributed by atoms with Crippen LogP contribution < -0.4 is 5.73 Å². The lowest BCUT2D eigenvalue weighted by molar-refractivity contribution is -0.114. The van der Waals surface area contributed by atoms with Gasteiger partial charge in [-0.1, -0.05) is 13.8 Å². The molecule has 1 amide bonds. The van der Waals surface area contributed by atoms with Gasteiger partial charge in [-0.25, -0.2) is 9.97 Å². The van der Waals surface area contributed by atoms with Crippen LogP contribution in [0.2, 0.25) is 0 Å². The Morgan fingerprint density at radius 1 is 1.28 bits per heavy atom. The van der Waals surface area contributed by atoms with E-state index in [2.05, 4.69) is 9.97 Å². The van der Waals surface area contributed by atoms with Crippen LogP contribution in [-0.4, -0.2) is 37.8 Å². The number of imidazole rings is 1. The second kappa shape index (κ2) is 5.44. The van der Waals surface area contributed by atoms with Crippen molar-refractivity contribution in [2.24, 2.45) is 5.92 Å². The number of nitrogen functional groups attached to an aromatic ring is 1. The summed E-state index contributed by atoms with van der Waals surface area (Å²) in [5.41, 5.74) is 9.14. The van der Waals surface area contributed by atoms with Gasteiger partial charge in [-0.15, -0.1) is 0 Å². The Morgan fingerprint density at radius 2 is 2.00 bits per heavy atom. The molecule has 130 valence electrons. The Balaban J connectivity index is 0.000000758. The Bertz CT molecular complexity index is 959. The summed E-state index contributed by atoms with van der Waals surface area (Å²) in [6.45, 7) is 4.00. The summed E-state index contributed by atoms with van der Waals surface area (Å²) in [6.07, 6.45) is 6.87. The van der Waals surface area contributed by atoms with Crippen LogP contribution in [0.3, 0.4) is 0 Å². The van der Waals surface area contributed by atoms with Crippen LogP contribution in [-0.2, 0) is 0 Å². The topological polar surface area (TPSA) is 76.5 Å². The van der Waals surface area contributed by atoms with Gasteiger partial charge in [0.05, 0.1) is 23.6 Å². The molecule has 0 unspecified atom stereocenters. The summed E-state index contributed by atoms with van der Waals surface area (Å²) < 4.78 is 1.88. The third-order valence-electron chi connectivity index (χ3n) is 5.65. The molecule has 1 aromatic carbocycles. The smallest absolute Gasteiger partial charge is 0.254 e. The molecule has 2 aromatic heterocycles. The number of benzene rings is 1. The van der Waals surface area contributed by atoms with E-state index in [1.54, 1.807) is 12.5 Å². The first-order valence-corrected chi connectivity index (χ1v) is 8.87. The normalized spacial score (nSPS) is 23.4. The first kappa shape index (κ1) is 15.9. The van der Waals surface area contributed by atoms with Gasteiger partial charge in [0.2, 0.25) is 0 Å². The maximum atomic E-state index is 12.8. The van der Waals surface area contributed by atoms with E-state index in [-0.39, 0.29) is 11.4 Å². The number of aromatic nitrogens is 3. The van der Waals surface area contributed by atoms with E-state index in [9.17, 15) is 4.79 Å². The van der Waals surface area contributed by atoms with Crippen LogP contribution >= 0.6 is 0 Å². The SMILES string of the molecule is CC.CN(C(=O)c1ccc2nc(N)c3cncn3c2c1)C12CC(C1)C2. The zero-order valence-corrected chi connectivity index (χ0v) is 14.9. The Hall–Kier alpha value is -2.63. The van der Waals surface area contributed by atoms with Crippen molar-refractivity contribution >= 4 is 28.3 Å². The Labute approximate surface area is 146 Å². The molecule has 6 heteroatoms. The van der Waals surface area contributed by atoms with Crippen LogP contribution in [0.4, 0.5) is 5.82 Å². The lowest BCUT2D eigenvalue weighted by atomic mass is 9.49. The first-order chi connectivity index (χ1) is 12.1. The van der Waals surface area contributed by atoms with Gasteiger partial charge in [0.15, 0.2) is 0 Å².